The molecule has 0 aliphatic heterocycles. The van der Waals surface area contributed by atoms with Crippen molar-refractivity contribution >= 4 is 10.0 Å². The van der Waals surface area contributed by atoms with E-state index in [1.165, 1.54) is 25.5 Å². The van der Waals surface area contributed by atoms with Crippen molar-refractivity contribution in [1.82, 2.24) is 9.29 Å². The number of ether oxygens (including phenoxy) is 1. The van der Waals surface area contributed by atoms with Gasteiger partial charge in [0.2, 0.25) is 15.5 Å². The van der Waals surface area contributed by atoms with Gasteiger partial charge < -0.3 is 9.72 Å². The Morgan fingerprint density at radius 1 is 1.47 bits per heavy atom. The second-order valence-corrected chi connectivity index (χ2v) is 5.56. The van der Waals surface area contributed by atoms with E-state index in [-0.39, 0.29) is 4.90 Å². The summed E-state index contributed by atoms with van der Waals surface area (Å²) >= 11 is 0. The summed E-state index contributed by atoms with van der Waals surface area (Å²) in [5.41, 5.74) is -0.512. The Morgan fingerprint density at radius 3 is 2.76 bits per heavy atom. The summed E-state index contributed by atoms with van der Waals surface area (Å²) in [7, 11) is -0.722. The third kappa shape index (κ3) is 3.39. The number of pyridine rings is 1. The van der Waals surface area contributed by atoms with Crippen molar-refractivity contribution in [2.24, 2.45) is 0 Å². The number of rotatable bonds is 6. The molecule has 0 aromatic carbocycles. The second kappa shape index (κ2) is 5.95. The zero-order valence-corrected chi connectivity index (χ0v) is 10.7. The highest BCUT2D eigenvalue weighted by Crippen LogP contribution is 2.08. The highest BCUT2D eigenvalue weighted by Gasteiger charge is 2.22. The standard InChI is InChI=1S/C10H16N2O4S/c1-12(6-3-7-16-2)17(14,15)10-8-11-5-4-9(10)13/h4-5,8H,3,6-7H2,1-2H3,(H,11,13). The summed E-state index contributed by atoms with van der Waals surface area (Å²) in [6.45, 7) is 0.787. The van der Waals surface area contributed by atoms with E-state index in [0.29, 0.717) is 19.6 Å². The maximum absolute atomic E-state index is 12.0. The fourth-order valence-electron chi connectivity index (χ4n) is 1.32. The molecule has 6 nitrogen and oxygen atoms in total. The van der Waals surface area contributed by atoms with Gasteiger partial charge in [0.1, 0.15) is 4.90 Å². The molecule has 0 spiro atoms. The van der Waals surface area contributed by atoms with E-state index in [2.05, 4.69) is 4.98 Å². The summed E-state index contributed by atoms with van der Waals surface area (Å²) in [6.07, 6.45) is 3.17. The van der Waals surface area contributed by atoms with Crippen LogP contribution in [0.1, 0.15) is 6.42 Å². The molecule has 96 valence electrons. The van der Waals surface area contributed by atoms with Crippen molar-refractivity contribution in [3.8, 4) is 0 Å². The lowest BCUT2D eigenvalue weighted by atomic mass is 10.4. The van der Waals surface area contributed by atoms with E-state index in [9.17, 15) is 13.2 Å². The molecule has 7 heteroatoms. The first kappa shape index (κ1) is 13.9. The van der Waals surface area contributed by atoms with Crippen LogP contribution in [0.2, 0.25) is 0 Å². The minimum Gasteiger partial charge on any atom is -0.385 e. The molecule has 1 aromatic heterocycles. The first-order valence-corrected chi connectivity index (χ1v) is 6.56. The van der Waals surface area contributed by atoms with Crippen molar-refractivity contribution in [3.05, 3.63) is 28.7 Å². The van der Waals surface area contributed by atoms with Crippen molar-refractivity contribution in [1.29, 1.82) is 0 Å². The highest BCUT2D eigenvalue weighted by atomic mass is 32.2. The average Bonchev–Trinajstić information content (AvgIpc) is 2.29. The zero-order chi connectivity index (χ0) is 12.9. The number of hydrogen-bond acceptors (Lipinski definition) is 4. The van der Waals surface area contributed by atoms with Crippen LogP contribution >= 0.6 is 0 Å². The summed E-state index contributed by atoms with van der Waals surface area (Å²) < 4.78 is 30.0. The predicted molar refractivity (Wildman–Crippen MR) is 63.4 cm³/mol. The smallest absolute Gasteiger partial charge is 0.248 e. The Labute approximate surface area is 100 Å². The fourth-order valence-corrected chi connectivity index (χ4v) is 2.57. The van der Waals surface area contributed by atoms with Crippen molar-refractivity contribution in [3.63, 3.8) is 0 Å². The quantitative estimate of drug-likeness (QED) is 0.732. The minimum atomic E-state index is -3.72. The van der Waals surface area contributed by atoms with Crippen LogP contribution in [0.25, 0.3) is 0 Å². The summed E-state index contributed by atoms with van der Waals surface area (Å²) in [5.74, 6) is 0. The van der Waals surface area contributed by atoms with Gasteiger partial charge in [0.15, 0.2) is 0 Å². The number of sulfonamides is 1. The lowest BCUT2D eigenvalue weighted by Crippen LogP contribution is -2.31. The highest BCUT2D eigenvalue weighted by molar-refractivity contribution is 7.89. The van der Waals surface area contributed by atoms with Crippen LogP contribution in [0.3, 0.4) is 0 Å². The molecule has 0 fully saturated rings. The topological polar surface area (TPSA) is 79.5 Å². The molecule has 1 N–H and O–H groups in total. The van der Waals surface area contributed by atoms with E-state index in [4.69, 9.17) is 4.74 Å². The molecule has 0 bridgehead atoms. The molecule has 1 heterocycles. The Morgan fingerprint density at radius 2 is 2.18 bits per heavy atom. The normalized spacial score (nSPS) is 11.9. The summed E-state index contributed by atoms with van der Waals surface area (Å²) in [6, 6.07) is 1.19. The van der Waals surface area contributed by atoms with E-state index >= 15 is 0 Å². The SMILES string of the molecule is COCCCN(C)S(=O)(=O)c1c[nH]ccc1=O. The lowest BCUT2D eigenvalue weighted by molar-refractivity contribution is 0.189. The number of aromatic nitrogens is 1. The van der Waals surface area contributed by atoms with Crippen LogP contribution in [-0.2, 0) is 14.8 Å². The van der Waals surface area contributed by atoms with Crippen molar-refractivity contribution < 1.29 is 13.2 Å². The van der Waals surface area contributed by atoms with Gasteiger partial charge in [-0.1, -0.05) is 0 Å². The third-order valence-electron chi connectivity index (χ3n) is 2.30. The Bertz CT molecular complexity index is 509. The van der Waals surface area contributed by atoms with E-state index in [1.54, 1.807) is 7.11 Å². The molecular weight excluding hydrogens is 244 g/mol. The molecule has 1 rings (SSSR count). The number of nitrogens with one attached hydrogen (secondary N) is 1. The van der Waals surface area contributed by atoms with Gasteiger partial charge in [0.05, 0.1) is 0 Å². The van der Waals surface area contributed by atoms with Gasteiger partial charge in [0, 0.05) is 45.8 Å². The van der Waals surface area contributed by atoms with Gasteiger partial charge in [0.25, 0.3) is 0 Å². The van der Waals surface area contributed by atoms with E-state index in [0.717, 1.165) is 4.31 Å². The first-order valence-electron chi connectivity index (χ1n) is 5.12. The van der Waals surface area contributed by atoms with Gasteiger partial charge in [-0.2, -0.15) is 0 Å². The average molecular weight is 260 g/mol. The maximum Gasteiger partial charge on any atom is 0.248 e. The maximum atomic E-state index is 12.0. The van der Waals surface area contributed by atoms with Crippen LogP contribution < -0.4 is 5.43 Å². The zero-order valence-electron chi connectivity index (χ0n) is 9.84. The van der Waals surface area contributed by atoms with Gasteiger partial charge in [-0.05, 0) is 6.42 Å². The Kier molecular flexibility index (Phi) is 4.86. The third-order valence-corrected chi connectivity index (χ3v) is 4.18. The Hall–Kier alpha value is -1.18. The van der Waals surface area contributed by atoms with Gasteiger partial charge >= 0.3 is 0 Å². The number of H-pyrrole nitrogens is 1. The van der Waals surface area contributed by atoms with E-state index < -0.39 is 15.5 Å². The van der Waals surface area contributed by atoms with Crippen LogP contribution in [0.5, 0.6) is 0 Å². The van der Waals surface area contributed by atoms with Gasteiger partial charge in [-0.25, -0.2) is 12.7 Å². The predicted octanol–water partition coefficient (Wildman–Crippen LogP) is 0.0319. The molecule has 0 atom stereocenters. The van der Waals surface area contributed by atoms with Crippen molar-refractivity contribution in [2.75, 3.05) is 27.3 Å². The molecular formula is C10H16N2O4S. The lowest BCUT2D eigenvalue weighted by Gasteiger charge is -2.16. The number of aromatic amines is 1. The molecule has 0 aliphatic carbocycles. The largest absolute Gasteiger partial charge is 0.385 e. The monoisotopic (exact) mass is 260 g/mol. The van der Waals surface area contributed by atoms with Crippen molar-refractivity contribution in [2.45, 2.75) is 11.3 Å². The molecule has 0 amide bonds. The fraction of sp³-hybridized carbons (Fsp3) is 0.500. The molecule has 0 radical (unpaired) electrons. The molecule has 17 heavy (non-hydrogen) atoms. The molecule has 1 aromatic rings. The number of nitrogens with zero attached hydrogens (tertiary/aromatic N) is 1. The van der Waals surface area contributed by atoms with Gasteiger partial charge in [-0.3, -0.25) is 4.79 Å². The molecule has 0 saturated carbocycles. The molecule has 0 saturated heterocycles. The van der Waals surface area contributed by atoms with Crippen LogP contribution in [0, 0.1) is 0 Å². The van der Waals surface area contributed by atoms with Gasteiger partial charge in [-0.15, -0.1) is 0 Å². The van der Waals surface area contributed by atoms with Crippen LogP contribution in [0.4, 0.5) is 0 Å². The van der Waals surface area contributed by atoms with E-state index in [1.807, 2.05) is 0 Å². The number of hydrogen-bond donors (Lipinski definition) is 1. The second-order valence-electron chi connectivity index (χ2n) is 3.55. The Balaban J connectivity index is 2.88. The minimum absolute atomic E-state index is 0.236. The molecule has 0 aliphatic rings. The van der Waals surface area contributed by atoms with Crippen LogP contribution in [-0.4, -0.2) is 45.0 Å². The first-order chi connectivity index (χ1) is 8.00. The number of methoxy groups -OCH3 is 1. The molecule has 0 unspecified atom stereocenters. The summed E-state index contributed by atoms with van der Waals surface area (Å²) in [4.78, 5) is 13.8. The van der Waals surface area contributed by atoms with Crippen LogP contribution in [0.15, 0.2) is 28.2 Å². The summed E-state index contributed by atoms with van der Waals surface area (Å²) in [5, 5.41) is 0.